The molecular formula is C25H24NP2SSe+. The molecular weight excluding hydrogens is 487 g/mol. The van der Waals surface area contributed by atoms with Crippen molar-refractivity contribution in [2.45, 2.75) is 5.82 Å². The van der Waals surface area contributed by atoms with E-state index in [2.05, 4.69) is 132 Å². The fourth-order valence-corrected chi connectivity index (χ4v) is 21.6. The third kappa shape index (κ3) is 4.25. The Balaban J connectivity index is 1.96. The third-order valence-corrected chi connectivity index (χ3v) is 21.6. The fraction of sp³-hybridized carbons (Fsp3) is 0.0400. The van der Waals surface area contributed by atoms with Gasteiger partial charge in [-0.3, -0.25) is 0 Å². The van der Waals surface area contributed by atoms with Crippen LogP contribution >= 0.6 is 12.3 Å². The summed E-state index contributed by atoms with van der Waals surface area (Å²) in [6, 6.07) is 43.2. The molecule has 0 fully saturated rings. The van der Waals surface area contributed by atoms with Crippen LogP contribution in [0, 0.1) is 0 Å². The topological polar surface area (TPSA) is 12.0 Å². The van der Waals surface area contributed by atoms with Gasteiger partial charge in [0, 0.05) is 0 Å². The van der Waals surface area contributed by atoms with E-state index in [-0.39, 0.29) is 0 Å². The van der Waals surface area contributed by atoms with Gasteiger partial charge < -0.3 is 0 Å². The average Bonchev–Trinajstić information content (AvgIpc) is 2.85. The number of hydrogen-bond donors (Lipinski definition) is 1. The van der Waals surface area contributed by atoms with Crippen LogP contribution in [0.4, 0.5) is 0 Å². The summed E-state index contributed by atoms with van der Waals surface area (Å²) in [5.41, 5.74) is 0. The maximum absolute atomic E-state index is 6.59. The number of rotatable bonds is 7. The Kier molecular flexibility index (Phi) is 7.01. The monoisotopic (exact) mass is 512 g/mol. The van der Waals surface area contributed by atoms with Crippen LogP contribution in [0.2, 0.25) is 5.82 Å². The molecule has 0 amide bonds. The first kappa shape index (κ1) is 21.7. The van der Waals surface area contributed by atoms with Crippen LogP contribution in [0.1, 0.15) is 0 Å². The van der Waals surface area contributed by atoms with Gasteiger partial charge in [0.15, 0.2) is 0 Å². The van der Waals surface area contributed by atoms with Gasteiger partial charge in [0.25, 0.3) is 0 Å². The van der Waals surface area contributed by atoms with E-state index in [1.165, 1.54) is 21.2 Å². The minimum atomic E-state index is -2.24. The predicted molar refractivity (Wildman–Crippen MR) is 140 cm³/mol. The van der Waals surface area contributed by atoms with Gasteiger partial charge in [0.05, 0.1) is 0 Å². The van der Waals surface area contributed by atoms with E-state index in [0.717, 1.165) is 0 Å². The van der Waals surface area contributed by atoms with Crippen LogP contribution in [-0.4, -0.2) is 14.5 Å². The van der Waals surface area contributed by atoms with E-state index in [4.69, 9.17) is 11.8 Å². The second-order valence-corrected chi connectivity index (χ2v) is 19.9. The Morgan fingerprint density at radius 1 is 0.600 bits per heavy atom. The average molecular weight is 511 g/mol. The molecule has 0 bridgehead atoms. The van der Waals surface area contributed by atoms with Gasteiger partial charge in [-0.05, 0) is 0 Å². The van der Waals surface area contributed by atoms with Gasteiger partial charge in [0.2, 0.25) is 0 Å². The third-order valence-electron chi connectivity index (χ3n) is 5.03. The van der Waals surface area contributed by atoms with Gasteiger partial charge in [-0.1, -0.05) is 0 Å². The standard InChI is InChI=1S/C25H24NP2SSe/c1-30-28(24-18-10-4-11-19-24,25-20-12-5-13-21-25)26-27(29,22-14-6-2-7-15-22)23-16-8-3-9-17-23/h2-21H,1H3,(H,26,29)/q+1. The number of hydrogen-bond acceptors (Lipinski definition) is 1. The molecule has 4 aromatic rings. The zero-order valence-corrected chi connectivity index (χ0v) is 21.1. The van der Waals surface area contributed by atoms with E-state index in [1.807, 2.05) is 0 Å². The molecule has 0 aliphatic heterocycles. The quantitative estimate of drug-likeness (QED) is 0.281. The molecule has 1 nitrogen and oxygen atoms in total. The Labute approximate surface area is 191 Å². The van der Waals surface area contributed by atoms with Crippen LogP contribution in [0.15, 0.2) is 121 Å². The molecule has 0 unspecified atom stereocenters. The molecule has 0 saturated carbocycles. The minimum absolute atomic E-state index is 0.323. The van der Waals surface area contributed by atoms with E-state index in [9.17, 15) is 0 Å². The molecule has 0 radical (unpaired) electrons. The second-order valence-electron chi connectivity index (χ2n) is 6.84. The van der Waals surface area contributed by atoms with Gasteiger partial charge in [-0.15, -0.1) is 0 Å². The van der Waals surface area contributed by atoms with Crippen LogP contribution in [-0.2, 0) is 11.8 Å². The zero-order valence-electron chi connectivity index (χ0n) is 16.8. The molecule has 30 heavy (non-hydrogen) atoms. The summed E-state index contributed by atoms with van der Waals surface area (Å²) in [7, 11) is 0. The van der Waals surface area contributed by atoms with Gasteiger partial charge in [-0.25, -0.2) is 0 Å². The molecule has 4 aromatic carbocycles. The van der Waals surface area contributed by atoms with Gasteiger partial charge in [0.1, 0.15) is 0 Å². The maximum atomic E-state index is 6.59. The Hall–Kier alpha value is -1.56. The van der Waals surface area contributed by atoms with Gasteiger partial charge >= 0.3 is 192 Å². The number of nitrogens with one attached hydrogen (secondary N) is 1. The van der Waals surface area contributed by atoms with Crippen molar-refractivity contribution in [3.8, 4) is 0 Å². The molecule has 0 saturated heterocycles. The van der Waals surface area contributed by atoms with E-state index < -0.39 is 12.3 Å². The summed E-state index contributed by atoms with van der Waals surface area (Å²) in [5.74, 6) is 2.35. The SMILES string of the molecule is C[Se][P+](NP(=S)(c1ccccc1)c1ccccc1)(c1ccccc1)c1ccccc1. The summed E-state index contributed by atoms with van der Waals surface area (Å²) in [5, 5.41) is 5.18. The van der Waals surface area contributed by atoms with Crippen molar-refractivity contribution in [1.82, 2.24) is 4.86 Å². The molecule has 4 rings (SSSR count). The van der Waals surface area contributed by atoms with Crippen molar-refractivity contribution in [1.29, 1.82) is 0 Å². The van der Waals surface area contributed by atoms with Crippen molar-refractivity contribution in [2.75, 3.05) is 0 Å². The van der Waals surface area contributed by atoms with Crippen LogP contribution in [0.5, 0.6) is 0 Å². The second kappa shape index (κ2) is 9.71. The normalized spacial score (nSPS) is 11.9. The summed E-state index contributed by atoms with van der Waals surface area (Å²) >= 11 is 6.91. The molecule has 5 heteroatoms. The van der Waals surface area contributed by atoms with Crippen molar-refractivity contribution in [2.24, 2.45) is 0 Å². The van der Waals surface area contributed by atoms with E-state index in [0.29, 0.717) is 14.5 Å². The van der Waals surface area contributed by atoms with Crippen molar-refractivity contribution in [3.05, 3.63) is 121 Å². The Bertz CT molecular complexity index is 1040. The summed E-state index contributed by atoms with van der Waals surface area (Å²) in [4.78, 5) is 4.22. The fourth-order valence-electron chi connectivity index (χ4n) is 3.53. The molecule has 0 aliphatic rings. The molecule has 0 heterocycles. The first-order valence-electron chi connectivity index (χ1n) is 9.76. The molecule has 0 atom stereocenters. The van der Waals surface area contributed by atoms with Crippen LogP contribution < -0.4 is 26.1 Å². The predicted octanol–water partition coefficient (Wildman–Crippen LogP) is 4.87. The van der Waals surface area contributed by atoms with E-state index in [1.54, 1.807) is 0 Å². The van der Waals surface area contributed by atoms with Crippen molar-refractivity contribution < 1.29 is 0 Å². The zero-order chi connectivity index (χ0) is 20.9. The Morgan fingerprint density at radius 2 is 0.933 bits per heavy atom. The summed E-state index contributed by atoms with van der Waals surface area (Å²) < 4.78 is 0. The first-order valence-corrected chi connectivity index (χ1v) is 18.3. The number of benzene rings is 4. The Morgan fingerprint density at radius 3 is 1.27 bits per heavy atom. The summed E-state index contributed by atoms with van der Waals surface area (Å²) in [6.07, 6.45) is -4.12. The van der Waals surface area contributed by atoms with Crippen molar-refractivity contribution >= 4 is 59.8 Å². The molecule has 0 aliphatic carbocycles. The van der Waals surface area contributed by atoms with Crippen molar-refractivity contribution in [3.63, 3.8) is 0 Å². The molecule has 150 valence electrons. The van der Waals surface area contributed by atoms with Crippen LogP contribution in [0.3, 0.4) is 0 Å². The molecule has 1 N–H and O–H groups in total. The first-order chi connectivity index (χ1) is 14.7. The van der Waals surface area contributed by atoms with Gasteiger partial charge in [-0.2, -0.15) is 0 Å². The van der Waals surface area contributed by atoms with E-state index >= 15 is 0 Å². The molecule has 0 spiro atoms. The molecule has 0 aromatic heterocycles. The summed E-state index contributed by atoms with van der Waals surface area (Å²) in [6.45, 7) is 0. The van der Waals surface area contributed by atoms with Crippen LogP contribution in [0.25, 0.3) is 0 Å².